The number of halogens is 2. The van der Waals surface area contributed by atoms with Crippen LogP contribution in [0.1, 0.15) is 6.42 Å². The highest BCUT2D eigenvalue weighted by Crippen LogP contribution is 2.28. The largest absolute Gasteiger partial charge is 0.324 e. The minimum absolute atomic E-state index is 0.0213. The van der Waals surface area contributed by atoms with Gasteiger partial charge in [-0.2, -0.15) is 0 Å². The first kappa shape index (κ1) is 16.2. The summed E-state index contributed by atoms with van der Waals surface area (Å²) in [5.74, 6) is -2.70. The Balaban J connectivity index is 1.50. The molecule has 4 rings (SSSR count). The summed E-state index contributed by atoms with van der Waals surface area (Å²) in [6.07, 6.45) is -0.0527. The predicted molar refractivity (Wildman–Crippen MR) is 91.5 cm³/mol. The number of fused-ring (bicyclic) bond motifs is 1. The summed E-state index contributed by atoms with van der Waals surface area (Å²) in [7, 11) is 0. The van der Waals surface area contributed by atoms with Crippen molar-refractivity contribution in [2.24, 2.45) is 5.92 Å². The normalized spacial score (nSPS) is 17.1. The molecule has 1 atom stereocenters. The van der Waals surface area contributed by atoms with E-state index in [2.05, 4.69) is 15.3 Å². The average molecular weight is 356 g/mol. The third-order valence-corrected chi connectivity index (χ3v) is 4.33. The van der Waals surface area contributed by atoms with E-state index in [1.165, 1.54) is 6.07 Å². The number of carbonyl (C=O) groups is 2. The molecule has 1 unspecified atom stereocenters. The van der Waals surface area contributed by atoms with E-state index in [1.807, 2.05) is 18.2 Å². The first-order valence-corrected chi connectivity index (χ1v) is 8.02. The Hall–Kier alpha value is -3.29. The van der Waals surface area contributed by atoms with Crippen molar-refractivity contribution in [2.45, 2.75) is 6.42 Å². The van der Waals surface area contributed by atoms with Gasteiger partial charge < -0.3 is 9.88 Å². The van der Waals surface area contributed by atoms with Crippen LogP contribution in [0.2, 0.25) is 0 Å². The number of anilines is 2. The molecule has 2 heterocycles. The molecule has 6 nitrogen and oxygen atoms in total. The van der Waals surface area contributed by atoms with E-state index in [0.717, 1.165) is 16.5 Å². The molecule has 8 heteroatoms. The molecule has 1 saturated heterocycles. The maximum atomic E-state index is 13.9. The van der Waals surface area contributed by atoms with Crippen LogP contribution in [0.25, 0.3) is 11.0 Å². The smallest absolute Gasteiger partial charge is 0.232 e. The molecule has 0 saturated carbocycles. The summed E-state index contributed by atoms with van der Waals surface area (Å²) in [6, 6.07) is 10.3. The number of amides is 2. The Morgan fingerprint density at radius 3 is 2.81 bits per heavy atom. The zero-order chi connectivity index (χ0) is 18.3. The highest BCUT2D eigenvalue weighted by molar-refractivity contribution is 6.03. The Morgan fingerprint density at radius 2 is 2.04 bits per heavy atom. The zero-order valence-electron chi connectivity index (χ0n) is 13.5. The molecule has 26 heavy (non-hydrogen) atoms. The van der Waals surface area contributed by atoms with E-state index in [-0.39, 0.29) is 36.4 Å². The van der Waals surface area contributed by atoms with E-state index < -0.39 is 17.6 Å². The third kappa shape index (κ3) is 2.90. The fourth-order valence-corrected chi connectivity index (χ4v) is 3.05. The second kappa shape index (κ2) is 6.21. The molecule has 2 aromatic carbocycles. The van der Waals surface area contributed by atoms with Gasteiger partial charge in [0.2, 0.25) is 17.8 Å². The molecular formula is C18H14F2N4O2. The van der Waals surface area contributed by atoms with Crippen LogP contribution in [0.5, 0.6) is 0 Å². The van der Waals surface area contributed by atoms with E-state index in [0.29, 0.717) is 11.6 Å². The minimum atomic E-state index is -0.836. The Bertz CT molecular complexity index is 984. The Labute approximate surface area is 146 Å². The Kier molecular flexibility index (Phi) is 3.87. The summed E-state index contributed by atoms with van der Waals surface area (Å²) in [4.78, 5) is 33.0. The minimum Gasteiger partial charge on any atom is -0.324 e. The number of H-pyrrole nitrogens is 1. The summed E-state index contributed by atoms with van der Waals surface area (Å²) in [5.41, 5.74) is 1.45. The van der Waals surface area contributed by atoms with Crippen LogP contribution in [0, 0.1) is 17.6 Å². The van der Waals surface area contributed by atoms with E-state index in [9.17, 15) is 18.4 Å². The summed E-state index contributed by atoms with van der Waals surface area (Å²) in [6.45, 7) is 0.0213. The number of rotatable bonds is 3. The predicted octanol–water partition coefficient (Wildman–Crippen LogP) is 2.83. The molecule has 0 bridgehead atoms. The zero-order valence-corrected chi connectivity index (χ0v) is 13.5. The van der Waals surface area contributed by atoms with E-state index in [4.69, 9.17) is 0 Å². The van der Waals surface area contributed by atoms with Crippen molar-refractivity contribution in [1.29, 1.82) is 0 Å². The van der Waals surface area contributed by atoms with Gasteiger partial charge in [0.05, 0.1) is 22.6 Å². The quantitative estimate of drug-likeness (QED) is 0.757. The van der Waals surface area contributed by atoms with Crippen LogP contribution < -0.4 is 10.2 Å². The van der Waals surface area contributed by atoms with Crippen LogP contribution in [0.4, 0.5) is 20.4 Å². The molecule has 2 N–H and O–H groups in total. The van der Waals surface area contributed by atoms with Gasteiger partial charge >= 0.3 is 0 Å². The van der Waals surface area contributed by atoms with Crippen LogP contribution in [-0.4, -0.2) is 28.3 Å². The van der Waals surface area contributed by atoms with Gasteiger partial charge in [-0.1, -0.05) is 12.1 Å². The number of benzene rings is 2. The van der Waals surface area contributed by atoms with E-state index in [1.54, 1.807) is 6.07 Å². The van der Waals surface area contributed by atoms with Gasteiger partial charge in [-0.05, 0) is 24.3 Å². The highest BCUT2D eigenvalue weighted by Gasteiger charge is 2.36. The molecule has 132 valence electrons. The van der Waals surface area contributed by atoms with Gasteiger partial charge in [0.1, 0.15) is 11.6 Å². The molecule has 1 aromatic heterocycles. The SMILES string of the molecule is O=C(Nc1nc2ccccc2[nH]1)C1CC(=O)N(c2ccc(F)cc2F)C1. The maximum Gasteiger partial charge on any atom is 0.232 e. The molecule has 1 aliphatic rings. The molecule has 0 radical (unpaired) electrons. The van der Waals surface area contributed by atoms with Gasteiger partial charge in [0.25, 0.3) is 0 Å². The maximum absolute atomic E-state index is 13.9. The number of hydrogen-bond acceptors (Lipinski definition) is 3. The Morgan fingerprint density at radius 1 is 1.23 bits per heavy atom. The fourth-order valence-electron chi connectivity index (χ4n) is 3.05. The number of imidazole rings is 1. The fraction of sp³-hybridized carbons (Fsp3) is 0.167. The number of hydrogen-bond donors (Lipinski definition) is 2. The molecular weight excluding hydrogens is 342 g/mol. The lowest BCUT2D eigenvalue weighted by Gasteiger charge is -2.17. The van der Waals surface area contributed by atoms with E-state index >= 15 is 0 Å². The van der Waals surface area contributed by atoms with Crippen molar-refractivity contribution in [3.8, 4) is 0 Å². The van der Waals surface area contributed by atoms with Crippen molar-refractivity contribution in [3.63, 3.8) is 0 Å². The number of carbonyl (C=O) groups excluding carboxylic acids is 2. The third-order valence-electron chi connectivity index (χ3n) is 4.33. The number of para-hydroxylation sites is 2. The van der Waals surface area contributed by atoms with Crippen LogP contribution in [0.3, 0.4) is 0 Å². The van der Waals surface area contributed by atoms with Crippen LogP contribution in [0.15, 0.2) is 42.5 Å². The number of nitrogens with zero attached hydrogens (tertiary/aromatic N) is 2. The number of aromatic amines is 1. The second-order valence-corrected chi connectivity index (χ2v) is 6.09. The first-order valence-electron chi connectivity index (χ1n) is 8.02. The molecule has 1 aliphatic heterocycles. The average Bonchev–Trinajstić information content (AvgIpc) is 3.18. The van der Waals surface area contributed by atoms with Crippen molar-refractivity contribution >= 4 is 34.5 Å². The number of nitrogens with one attached hydrogen (secondary N) is 2. The lowest BCUT2D eigenvalue weighted by atomic mass is 10.1. The highest BCUT2D eigenvalue weighted by atomic mass is 19.1. The monoisotopic (exact) mass is 356 g/mol. The van der Waals surface area contributed by atoms with Crippen molar-refractivity contribution in [1.82, 2.24) is 9.97 Å². The van der Waals surface area contributed by atoms with Gasteiger partial charge in [0.15, 0.2) is 0 Å². The summed E-state index contributed by atoms with van der Waals surface area (Å²) >= 11 is 0. The van der Waals surface area contributed by atoms with Crippen molar-refractivity contribution in [2.75, 3.05) is 16.8 Å². The van der Waals surface area contributed by atoms with Crippen LogP contribution in [-0.2, 0) is 9.59 Å². The van der Waals surface area contributed by atoms with Gasteiger partial charge in [-0.3, -0.25) is 14.9 Å². The lowest BCUT2D eigenvalue weighted by molar-refractivity contribution is -0.122. The van der Waals surface area contributed by atoms with Gasteiger partial charge in [0, 0.05) is 19.0 Å². The van der Waals surface area contributed by atoms with Crippen molar-refractivity contribution < 1.29 is 18.4 Å². The first-order chi connectivity index (χ1) is 12.5. The lowest BCUT2D eigenvalue weighted by Crippen LogP contribution is -2.29. The molecule has 1 fully saturated rings. The van der Waals surface area contributed by atoms with Gasteiger partial charge in [-0.15, -0.1) is 0 Å². The molecule has 0 spiro atoms. The standard InChI is InChI=1S/C18H14F2N4O2/c19-11-5-6-15(12(20)8-11)24-9-10(7-16(24)25)17(26)23-18-21-13-3-1-2-4-14(13)22-18/h1-6,8,10H,7,9H2,(H2,21,22,23,26). The van der Waals surface area contributed by atoms with Crippen LogP contribution >= 0.6 is 0 Å². The van der Waals surface area contributed by atoms with Crippen molar-refractivity contribution in [3.05, 3.63) is 54.1 Å². The van der Waals surface area contributed by atoms with Gasteiger partial charge in [-0.25, -0.2) is 13.8 Å². The molecule has 3 aromatic rings. The summed E-state index contributed by atoms with van der Waals surface area (Å²) in [5, 5.41) is 2.65. The number of aromatic nitrogens is 2. The second-order valence-electron chi connectivity index (χ2n) is 6.09. The molecule has 0 aliphatic carbocycles. The molecule has 2 amide bonds. The summed E-state index contributed by atoms with van der Waals surface area (Å²) < 4.78 is 27.0. The topological polar surface area (TPSA) is 78.1 Å².